The third-order valence-electron chi connectivity index (χ3n) is 2.93. The van der Waals surface area contributed by atoms with E-state index in [9.17, 15) is 9.59 Å². The van der Waals surface area contributed by atoms with Crippen LogP contribution in [0.15, 0.2) is 46.6 Å². The molecule has 0 saturated heterocycles. The molecule has 0 aliphatic rings. The minimum absolute atomic E-state index is 0.153. The van der Waals surface area contributed by atoms with Crippen LogP contribution in [-0.2, 0) is 9.53 Å². The Morgan fingerprint density at radius 3 is 2.40 bits per heavy atom. The molecule has 1 aromatic heterocycles. The van der Waals surface area contributed by atoms with Gasteiger partial charge < -0.3 is 14.8 Å². The predicted octanol–water partition coefficient (Wildman–Crippen LogP) is 3.64. The molecule has 0 spiro atoms. The van der Waals surface area contributed by atoms with Crippen molar-refractivity contribution in [1.82, 2.24) is 4.98 Å². The van der Waals surface area contributed by atoms with E-state index in [1.54, 1.807) is 24.3 Å². The van der Waals surface area contributed by atoms with Gasteiger partial charge in [-0.25, -0.2) is 9.78 Å². The van der Waals surface area contributed by atoms with Crippen molar-refractivity contribution < 1.29 is 19.1 Å². The summed E-state index contributed by atoms with van der Waals surface area (Å²) in [5.41, 5.74) is 0.840. The molecule has 0 saturated carbocycles. The zero-order chi connectivity index (χ0) is 18.2. The van der Waals surface area contributed by atoms with Gasteiger partial charge in [0.25, 0.3) is 0 Å². The van der Waals surface area contributed by atoms with Gasteiger partial charge in [-0.15, -0.1) is 10.2 Å². The lowest BCUT2D eigenvalue weighted by Crippen LogP contribution is -2.14. The Morgan fingerprint density at radius 1 is 1.00 bits per heavy atom. The monoisotopic (exact) mass is 343 g/mol. The molecule has 2 amide bonds. The molecule has 0 radical (unpaired) electrons. The molecular formula is C16H17N5O4. The van der Waals surface area contributed by atoms with E-state index in [2.05, 4.69) is 30.6 Å². The lowest BCUT2D eigenvalue weighted by atomic mass is 10.3. The Balaban J connectivity index is 2.33. The summed E-state index contributed by atoms with van der Waals surface area (Å²) in [6, 6.07) is 10.2. The smallest absolute Gasteiger partial charge is 0.412 e. The van der Waals surface area contributed by atoms with Crippen LogP contribution in [-0.4, -0.2) is 31.2 Å². The van der Waals surface area contributed by atoms with Crippen molar-refractivity contribution in [3.63, 3.8) is 0 Å². The first-order valence-electron chi connectivity index (χ1n) is 7.22. The molecule has 0 bridgehead atoms. The van der Waals surface area contributed by atoms with Gasteiger partial charge in [-0.3, -0.25) is 10.1 Å². The third kappa shape index (κ3) is 4.99. The third-order valence-corrected chi connectivity index (χ3v) is 2.93. The van der Waals surface area contributed by atoms with Crippen LogP contribution >= 0.6 is 0 Å². The molecule has 0 atom stereocenters. The van der Waals surface area contributed by atoms with Gasteiger partial charge in [0.05, 0.1) is 14.2 Å². The molecule has 0 aliphatic heterocycles. The zero-order valence-corrected chi connectivity index (χ0v) is 13.9. The van der Waals surface area contributed by atoms with Crippen LogP contribution in [0.2, 0.25) is 0 Å². The Labute approximate surface area is 144 Å². The summed E-state index contributed by atoms with van der Waals surface area (Å²) in [6.07, 6.45) is -0.676. The fourth-order valence-electron chi connectivity index (χ4n) is 1.84. The maximum Gasteiger partial charge on any atom is 0.412 e. The van der Waals surface area contributed by atoms with Crippen LogP contribution < -0.4 is 15.4 Å². The van der Waals surface area contributed by atoms with Crippen LogP contribution in [0.4, 0.5) is 27.8 Å². The maximum atomic E-state index is 11.4. The van der Waals surface area contributed by atoms with Crippen molar-refractivity contribution in [2.24, 2.45) is 10.2 Å². The van der Waals surface area contributed by atoms with Gasteiger partial charge in [-0.05, 0) is 24.3 Å². The highest BCUT2D eigenvalue weighted by Gasteiger charge is 2.10. The molecule has 0 unspecified atom stereocenters. The average Bonchev–Trinajstić information content (AvgIpc) is 2.60. The van der Waals surface area contributed by atoms with Gasteiger partial charge in [-0.2, -0.15) is 0 Å². The number of benzene rings is 1. The lowest BCUT2D eigenvalue weighted by molar-refractivity contribution is -0.114. The number of methoxy groups -OCH3 is 2. The van der Waals surface area contributed by atoms with Gasteiger partial charge >= 0.3 is 6.09 Å². The minimum atomic E-state index is -0.676. The molecule has 130 valence electrons. The first-order chi connectivity index (χ1) is 12.0. The molecule has 25 heavy (non-hydrogen) atoms. The fraction of sp³-hybridized carbons (Fsp3) is 0.188. The highest BCUT2D eigenvalue weighted by molar-refractivity contribution is 5.91. The van der Waals surface area contributed by atoms with Gasteiger partial charge in [-0.1, -0.05) is 12.1 Å². The molecule has 2 aromatic rings. The van der Waals surface area contributed by atoms with Crippen molar-refractivity contribution in [2.45, 2.75) is 6.92 Å². The summed E-state index contributed by atoms with van der Waals surface area (Å²) >= 11 is 0. The number of hydrogen-bond acceptors (Lipinski definition) is 7. The number of azo groups is 1. The predicted molar refractivity (Wildman–Crippen MR) is 91.7 cm³/mol. The number of carbonyl (C=O) groups is 2. The van der Waals surface area contributed by atoms with Crippen LogP contribution in [0, 0.1) is 0 Å². The van der Waals surface area contributed by atoms with Crippen molar-refractivity contribution >= 4 is 35.0 Å². The molecule has 0 aliphatic carbocycles. The number of hydrogen-bond donors (Lipinski definition) is 2. The summed E-state index contributed by atoms with van der Waals surface area (Å²) in [6.45, 7) is 1.34. The zero-order valence-electron chi connectivity index (χ0n) is 13.9. The van der Waals surface area contributed by atoms with E-state index in [0.29, 0.717) is 17.1 Å². The molecule has 2 N–H and O–H groups in total. The normalized spacial score (nSPS) is 10.4. The van der Waals surface area contributed by atoms with E-state index in [1.165, 1.54) is 27.2 Å². The van der Waals surface area contributed by atoms with Crippen LogP contribution in [0.3, 0.4) is 0 Å². The first kappa shape index (κ1) is 17.9. The number of aromatic nitrogens is 1. The van der Waals surface area contributed by atoms with Crippen LogP contribution in [0.1, 0.15) is 6.92 Å². The van der Waals surface area contributed by atoms with Crippen LogP contribution in [0.5, 0.6) is 5.75 Å². The maximum absolute atomic E-state index is 11.4. The van der Waals surface area contributed by atoms with E-state index in [-0.39, 0.29) is 17.5 Å². The summed E-state index contributed by atoms with van der Waals surface area (Å²) in [5.74, 6) is 0.576. The number of nitrogens with one attached hydrogen (secondary N) is 2. The van der Waals surface area contributed by atoms with Crippen molar-refractivity contribution in [2.75, 3.05) is 24.9 Å². The Morgan fingerprint density at radius 2 is 1.72 bits per heavy atom. The standard InChI is InChI=1S/C16H17N5O4/c1-10(22)17-15-12(8-9-14(18-15)19-16(23)25-3)21-20-11-6-4-5-7-13(11)24-2/h4-9H,1-3H3,(H2,17,18,19,22,23)/b21-20+. The Bertz CT molecular complexity index is 807. The van der Waals surface area contributed by atoms with E-state index < -0.39 is 6.09 Å². The second kappa shape index (κ2) is 8.39. The number of rotatable bonds is 5. The van der Waals surface area contributed by atoms with Gasteiger partial charge in [0.2, 0.25) is 5.91 Å². The number of ether oxygens (including phenoxy) is 2. The molecule has 1 heterocycles. The number of pyridine rings is 1. The van der Waals surface area contributed by atoms with E-state index in [4.69, 9.17) is 4.74 Å². The van der Waals surface area contributed by atoms with Gasteiger partial charge in [0, 0.05) is 6.92 Å². The van der Waals surface area contributed by atoms with Crippen molar-refractivity contribution in [1.29, 1.82) is 0 Å². The lowest BCUT2D eigenvalue weighted by Gasteiger charge is -2.08. The topological polar surface area (TPSA) is 114 Å². The molecule has 9 nitrogen and oxygen atoms in total. The summed E-state index contributed by atoms with van der Waals surface area (Å²) in [4.78, 5) is 26.8. The number of anilines is 2. The number of amides is 2. The SMILES string of the molecule is COC(=O)Nc1ccc(/N=N/c2ccccc2OC)c(NC(C)=O)n1. The Hall–Kier alpha value is -3.49. The highest BCUT2D eigenvalue weighted by atomic mass is 16.5. The number of carbonyl (C=O) groups excluding carboxylic acids is 2. The second-order valence-electron chi connectivity index (χ2n) is 4.73. The second-order valence-corrected chi connectivity index (χ2v) is 4.73. The fourth-order valence-corrected chi connectivity index (χ4v) is 1.84. The first-order valence-corrected chi connectivity index (χ1v) is 7.22. The van der Waals surface area contributed by atoms with Crippen molar-refractivity contribution in [3.8, 4) is 5.75 Å². The van der Waals surface area contributed by atoms with Gasteiger partial charge in [0.1, 0.15) is 22.9 Å². The minimum Gasteiger partial charge on any atom is -0.494 e. The average molecular weight is 343 g/mol. The van der Waals surface area contributed by atoms with E-state index in [1.807, 2.05) is 6.07 Å². The van der Waals surface area contributed by atoms with Gasteiger partial charge in [0.15, 0.2) is 5.82 Å². The summed E-state index contributed by atoms with van der Waals surface area (Å²) in [5, 5.41) is 13.2. The van der Waals surface area contributed by atoms with E-state index in [0.717, 1.165) is 0 Å². The van der Waals surface area contributed by atoms with Crippen molar-refractivity contribution in [3.05, 3.63) is 36.4 Å². The quantitative estimate of drug-likeness (QED) is 0.804. The molecular weight excluding hydrogens is 326 g/mol. The summed E-state index contributed by atoms with van der Waals surface area (Å²) < 4.78 is 9.71. The molecule has 1 aromatic carbocycles. The number of para-hydroxylation sites is 1. The molecule has 2 rings (SSSR count). The van der Waals surface area contributed by atoms with Crippen LogP contribution in [0.25, 0.3) is 0 Å². The highest BCUT2D eigenvalue weighted by Crippen LogP contribution is 2.31. The van der Waals surface area contributed by atoms with E-state index >= 15 is 0 Å². The molecule has 9 heteroatoms. The summed E-state index contributed by atoms with van der Waals surface area (Å²) in [7, 11) is 2.77. The number of nitrogens with zero attached hydrogens (tertiary/aromatic N) is 3. The molecule has 0 fully saturated rings. The largest absolute Gasteiger partial charge is 0.494 e. The Kier molecular flexibility index (Phi) is 5.99.